The first-order valence-electron chi connectivity index (χ1n) is 14.4. The number of rotatable bonds is 7. The molecule has 1 saturated heterocycles. The second kappa shape index (κ2) is 11.9. The number of hydrogen-bond donors (Lipinski definition) is 1. The lowest BCUT2D eigenvalue weighted by Crippen LogP contribution is -2.32. The Kier molecular flexibility index (Phi) is 8.09. The van der Waals surface area contributed by atoms with Crippen LogP contribution in [0.1, 0.15) is 43.2 Å². The van der Waals surface area contributed by atoms with Crippen molar-refractivity contribution in [1.82, 2.24) is 24.4 Å². The van der Waals surface area contributed by atoms with Gasteiger partial charge < -0.3 is 4.90 Å². The van der Waals surface area contributed by atoms with Gasteiger partial charge in [0, 0.05) is 40.5 Å². The van der Waals surface area contributed by atoms with E-state index in [1.165, 1.54) is 23.4 Å². The van der Waals surface area contributed by atoms with Gasteiger partial charge in [0.2, 0.25) is 5.95 Å². The predicted molar refractivity (Wildman–Crippen MR) is 173 cm³/mol. The number of fused-ring (bicyclic) bond motifs is 1. The van der Waals surface area contributed by atoms with Crippen LogP contribution >= 0.6 is 22.9 Å². The summed E-state index contributed by atoms with van der Waals surface area (Å²) in [7, 11) is 0. The SMILES string of the molecule is CCN1CCC(c2ccc(N(N)c3ncc4cc(-c5ccc(-c6cnc(C)s6)cc5Cl)c(=O)n(CC)c4n3)cc2)CC1. The first-order valence-corrected chi connectivity index (χ1v) is 15.6. The molecule has 0 spiro atoms. The monoisotopic (exact) mass is 599 g/mol. The normalized spacial score (nSPS) is 14.5. The van der Waals surface area contributed by atoms with Crippen molar-refractivity contribution in [1.29, 1.82) is 0 Å². The third-order valence-electron chi connectivity index (χ3n) is 8.19. The Bertz CT molecular complexity index is 1790. The van der Waals surface area contributed by atoms with E-state index in [1.54, 1.807) is 22.1 Å². The molecule has 1 aliphatic heterocycles. The number of halogens is 1. The number of hydrazine groups is 1. The molecule has 0 atom stereocenters. The summed E-state index contributed by atoms with van der Waals surface area (Å²) in [6.07, 6.45) is 5.90. The lowest BCUT2D eigenvalue weighted by atomic mass is 9.89. The van der Waals surface area contributed by atoms with Crippen LogP contribution < -0.4 is 16.4 Å². The van der Waals surface area contributed by atoms with Crippen LogP contribution in [0.2, 0.25) is 5.02 Å². The van der Waals surface area contributed by atoms with Crippen molar-refractivity contribution in [2.75, 3.05) is 24.6 Å². The zero-order chi connectivity index (χ0) is 29.4. The molecule has 6 rings (SSSR count). The first-order chi connectivity index (χ1) is 20.4. The van der Waals surface area contributed by atoms with Crippen LogP contribution in [0.25, 0.3) is 32.6 Å². The van der Waals surface area contributed by atoms with E-state index < -0.39 is 0 Å². The molecule has 1 fully saturated rings. The van der Waals surface area contributed by atoms with Gasteiger partial charge in [-0.25, -0.2) is 20.8 Å². The minimum absolute atomic E-state index is 0.167. The number of nitrogens with two attached hydrogens (primary N) is 1. The van der Waals surface area contributed by atoms with Crippen molar-refractivity contribution in [3.8, 4) is 21.6 Å². The number of benzene rings is 2. The summed E-state index contributed by atoms with van der Waals surface area (Å²) in [4.78, 5) is 30.9. The molecule has 0 aliphatic carbocycles. The smallest absolute Gasteiger partial charge is 0.260 e. The van der Waals surface area contributed by atoms with E-state index in [2.05, 4.69) is 33.9 Å². The second-order valence-corrected chi connectivity index (χ2v) is 12.3. The maximum absolute atomic E-state index is 13.7. The van der Waals surface area contributed by atoms with E-state index in [0.29, 0.717) is 40.2 Å². The Morgan fingerprint density at radius 3 is 2.40 bits per heavy atom. The highest BCUT2D eigenvalue weighted by molar-refractivity contribution is 7.15. The molecule has 216 valence electrons. The molecule has 0 saturated carbocycles. The molecule has 42 heavy (non-hydrogen) atoms. The van der Waals surface area contributed by atoms with Gasteiger partial charge in [0.1, 0.15) is 5.65 Å². The van der Waals surface area contributed by atoms with Gasteiger partial charge in [-0.05, 0) is 87.6 Å². The fourth-order valence-corrected chi connectivity index (χ4v) is 6.80. The summed E-state index contributed by atoms with van der Waals surface area (Å²) in [6.45, 7) is 9.94. The predicted octanol–water partition coefficient (Wildman–Crippen LogP) is 6.77. The molecule has 1 aliphatic rings. The van der Waals surface area contributed by atoms with E-state index in [4.69, 9.17) is 22.4 Å². The Morgan fingerprint density at radius 1 is 1.00 bits per heavy atom. The van der Waals surface area contributed by atoms with Gasteiger partial charge in [-0.2, -0.15) is 4.98 Å². The Balaban J connectivity index is 1.29. The van der Waals surface area contributed by atoms with Gasteiger partial charge in [-0.3, -0.25) is 9.36 Å². The van der Waals surface area contributed by atoms with Crippen LogP contribution in [0.3, 0.4) is 0 Å². The quantitative estimate of drug-likeness (QED) is 0.163. The molecule has 5 aromatic rings. The minimum Gasteiger partial charge on any atom is -0.304 e. The number of thiazole rings is 1. The molecule has 10 heteroatoms. The molecule has 0 amide bonds. The van der Waals surface area contributed by atoms with Crippen LogP contribution in [0.5, 0.6) is 0 Å². The summed E-state index contributed by atoms with van der Waals surface area (Å²) in [5, 5.41) is 3.69. The summed E-state index contributed by atoms with van der Waals surface area (Å²) >= 11 is 8.33. The number of anilines is 2. The lowest BCUT2D eigenvalue weighted by Gasteiger charge is -2.31. The molecule has 4 heterocycles. The standard InChI is InChI=1S/C32H34ClN7OS/c1-4-38-14-12-22(13-15-38)21-6-9-25(10-7-21)40(34)32-36-18-24-16-27(31(41)39(5-2)30(24)37-32)26-11-8-23(17-28(26)33)29-19-35-20(3)42-29/h6-11,16-19,22H,4-5,12-15,34H2,1-3H3. The highest BCUT2D eigenvalue weighted by atomic mass is 35.5. The molecule has 8 nitrogen and oxygen atoms in total. The van der Waals surface area contributed by atoms with Gasteiger partial charge in [0.15, 0.2) is 0 Å². The highest BCUT2D eigenvalue weighted by Gasteiger charge is 2.21. The van der Waals surface area contributed by atoms with Crippen molar-refractivity contribution in [2.45, 2.75) is 46.1 Å². The van der Waals surface area contributed by atoms with E-state index >= 15 is 0 Å². The molecule has 0 bridgehead atoms. The van der Waals surface area contributed by atoms with E-state index in [1.807, 2.05) is 56.4 Å². The molecule has 0 unspecified atom stereocenters. The third-order valence-corrected chi connectivity index (χ3v) is 9.46. The number of aromatic nitrogens is 4. The zero-order valence-electron chi connectivity index (χ0n) is 24.0. The maximum atomic E-state index is 13.7. The van der Waals surface area contributed by atoms with Crippen LogP contribution in [0.4, 0.5) is 11.6 Å². The summed E-state index contributed by atoms with van der Waals surface area (Å²) < 4.78 is 1.65. The molecular formula is C32H34ClN7OS. The number of pyridine rings is 1. The van der Waals surface area contributed by atoms with Gasteiger partial charge in [0.25, 0.3) is 5.56 Å². The molecule has 0 radical (unpaired) electrons. The third kappa shape index (κ3) is 5.45. The summed E-state index contributed by atoms with van der Waals surface area (Å²) in [6, 6.07) is 15.9. The number of nitrogens with zero attached hydrogens (tertiary/aromatic N) is 6. The lowest BCUT2D eigenvalue weighted by molar-refractivity contribution is 0.222. The van der Waals surface area contributed by atoms with Crippen molar-refractivity contribution < 1.29 is 0 Å². The number of piperidine rings is 1. The van der Waals surface area contributed by atoms with Crippen LogP contribution in [-0.2, 0) is 6.54 Å². The summed E-state index contributed by atoms with van der Waals surface area (Å²) in [5.41, 5.74) is 4.62. The number of aryl methyl sites for hydroxylation is 2. The largest absolute Gasteiger partial charge is 0.304 e. The Hall–Kier alpha value is -3.63. The van der Waals surface area contributed by atoms with Crippen LogP contribution in [0, 0.1) is 6.92 Å². The van der Waals surface area contributed by atoms with Gasteiger partial charge >= 0.3 is 0 Å². The van der Waals surface area contributed by atoms with Crippen molar-refractivity contribution >= 4 is 45.6 Å². The Morgan fingerprint density at radius 2 is 1.76 bits per heavy atom. The van der Waals surface area contributed by atoms with E-state index in [0.717, 1.165) is 46.2 Å². The average Bonchev–Trinajstić information content (AvgIpc) is 3.46. The van der Waals surface area contributed by atoms with E-state index in [-0.39, 0.29) is 5.56 Å². The van der Waals surface area contributed by atoms with Crippen molar-refractivity contribution in [3.05, 3.63) is 86.9 Å². The van der Waals surface area contributed by atoms with Gasteiger partial charge in [0.05, 0.1) is 15.6 Å². The Labute approximate surface area is 254 Å². The van der Waals surface area contributed by atoms with Gasteiger partial charge in [-0.15, -0.1) is 11.3 Å². The topological polar surface area (TPSA) is 93.2 Å². The zero-order valence-corrected chi connectivity index (χ0v) is 25.6. The van der Waals surface area contributed by atoms with Crippen molar-refractivity contribution in [2.24, 2.45) is 5.84 Å². The fraction of sp³-hybridized carbons (Fsp3) is 0.312. The number of hydrogen-bond acceptors (Lipinski definition) is 8. The average molecular weight is 600 g/mol. The molecule has 2 aromatic carbocycles. The maximum Gasteiger partial charge on any atom is 0.260 e. The minimum atomic E-state index is -0.167. The molecule has 2 N–H and O–H groups in total. The fourth-order valence-electron chi connectivity index (χ4n) is 5.74. The molecular weight excluding hydrogens is 566 g/mol. The van der Waals surface area contributed by atoms with Gasteiger partial charge in [-0.1, -0.05) is 42.8 Å². The molecule has 3 aromatic heterocycles. The van der Waals surface area contributed by atoms with Crippen molar-refractivity contribution in [3.63, 3.8) is 0 Å². The second-order valence-electron chi connectivity index (χ2n) is 10.7. The number of likely N-dealkylation sites (tertiary alicyclic amines) is 1. The first kappa shape index (κ1) is 28.5. The van der Waals surface area contributed by atoms with Crippen LogP contribution in [-0.4, -0.2) is 44.1 Å². The van der Waals surface area contributed by atoms with E-state index in [9.17, 15) is 4.79 Å². The highest BCUT2D eigenvalue weighted by Crippen LogP contribution is 2.34. The summed E-state index contributed by atoms with van der Waals surface area (Å²) in [5.74, 6) is 7.39. The van der Waals surface area contributed by atoms with Crippen LogP contribution in [0.15, 0.2) is 65.7 Å².